The van der Waals surface area contributed by atoms with Crippen molar-refractivity contribution in [3.05, 3.63) is 91.1 Å². The van der Waals surface area contributed by atoms with Crippen LogP contribution in [0.15, 0.2) is 58.1 Å². The number of H-pyrrole nitrogens is 2. The van der Waals surface area contributed by atoms with E-state index in [4.69, 9.17) is 9.47 Å². The highest BCUT2D eigenvalue weighted by Crippen LogP contribution is 2.17. The van der Waals surface area contributed by atoms with Crippen molar-refractivity contribution < 1.29 is 9.47 Å². The topological polar surface area (TPSA) is 84.2 Å². The molecule has 2 N–H and O–H groups in total. The Bertz CT molecular complexity index is 1070. The lowest BCUT2D eigenvalue weighted by Crippen LogP contribution is -2.46. The molecule has 2 aromatic carbocycles. The van der Waals surface area contributed by atoms with Crippen molar-refractivity contribution in [1.29, 1.82) is 0 Å². The summed E-state index contributed by atoms with van der Waals surface area (Å²) >= 11 is 0. The standard InChI is InChI=1S/C20H18N2O4/c1-25-17-9-5-3-7-13(17)11-15-19(23)22-16(20(24)21-15)12-14-8-4-6-10-18(14)26-2/h3-12H,1-2H3,(H,21,24)(H,22,23)/b15-11-,16-12?. The lowest BCUT2D eigenvalue weighted by Gasteiger charge is -2.03. The zero-order valence-electron chi connectivity index (χ0n) is 14.4. The Morgan fingerprint density at radius 2 is 1.08 bits per heavy atom. The van der Waals surface area contributed by atoms with E-state index in [0.717, 1.165) is 0 Å². The molecule has 0 bridgehead atoms. The summed E-state index contributed by atoms with van der Waals surface area (Å²) < 4.78 is 10.5. The van der Waals surface area contributed by atoms with Crippen LogP contribution in [0.4, 0.5) is 0 Å². The van der Waals surface area contributed by atoms with E-state index in [2.05, 4.69) is 9.97 Å². The molecule has 0 aliphatic carbocycles. The van der Waals surface area contributed by atoms with Crippen molar-refractivity contribution >= 4 is 12.2 Å². The second-order valence-corrected chi connectivity index (χ2v) is 5.51. The fraction of sp³-hybridized carbons (Fsp3) is 0.100. The van der Waals surface area contributed by atoms with Gasteiger partial charge in [-0.05, 0) is 24.3 Å². The number of hydrogen-bond acceptors (Lipinski definition) is 4. The van der Waals surface area contributed by atoms with Crippen molar-refractivity contribution in [3.63, 3.8) is 0 Å². The minimum Gasteiger partial charge on any atom is -0.496 e. The smallest absolute Gasteiger partial charge is 0.272 e. The molecule has 0 aliphatic heterocycles. The summed E-state index contributed by atoms with van der Waals surface area (Å²) in [5.41, 5.74) is 0.573. The summed E-state index contributed by atoms with van der Waals surface area (Å²) in [6.07, 6.45) is 3.15. The van der Waals surface area contributed by atoms with Gasteiger partial charge in [0.25, 0.3) is 11.1 Å². The molecule has 0 saturated heterocycles. The molecule has 0 amide bonds. The molecule has 6 nitrogen and oxygen atoms in total. The van der Waals surface area contributed by atoms with Crippen LogP contribution in [0.3, 0.4) is 0 Å². The second kappa shape index (κ2) is 7.57. The molecule has 1 aromatic heterocycles. The molecular weight excluding hydrogens is 332 g/mol. The van der Waals surface area contributed by atoms with Crippen LogP contribution in [0.2, 0.25) is 0 Å². The minimum absolute atomic E-state index is 0.150. The zero-order valence-corrected chi connectivity index (χ0v) is 14.4. The molecule has 3 aromatic rings. The van der Waals surface area contributed by atoms with Crippen LogP contribution in [-0.4, -0.2) is 24.2 Å². The third-order valence-electron chi connectivity index (χ3n) is 3.86. The van der Waals surface area contributed by atoms with Gasteiger partial charge in [0, 0.05) is 11.1 Å². The Balaban J connectivity index is 2.16. The number of benzene rings is 2. The molecule has 0 atom stereocenters. The number of aromatic amines is 2. The van der Waals surface area contributed by atoms with Crippen LogP contribution in [-0.2, 0) is 0 Å². The Morgan fingerprint density at radius 3 is 1.46 bits per heavy atom. The molecule has 132 valence electrons. The first-order valence-corrected chi connectivity index (χ1v) is 7.94. The van der Waals surface area contributed by atoms with Crippen LogP contribution in [0.25, 0.3) is 12.2 Å². The van der Waals surface area contributed by atoms with Crippen LogP contribution in [0, 0.1) is 0 Å². The highest BCUT2D eigenvalue weighted by Gasteiger charge is 2.02. The average molecular weight is 350 g/mol. The van der Waals surface area contributed by atoms with Gasteiger partial charge in [-0.2, -0.15) is 0 Å². The third-order valence-corrected chi connectivity index (χ3v) is 3.86. The van der Waals surface area contributed by atoms with Crippen molar-refractivity contribution in [2.45, 2.75) is 0 Å². The maximum atomic E-state index is 12.4. The highest BCUT2D eigenvalue weighted by molar-refractivity contribution is 5.57. The molecule has 3 rings (SSSR count). The summed E-state index contributed by atoms with van der Waals surface area (Å²) in [6, 6.07) is 14.5. The van der Waals surface area contributed by atoms with E-state index < -0.39 is 11.1 Å². The van der Waals surface area contributed by atoms with Gasteiger partial charge in [0.05, 0.1) is 14.2 Å². The van der Waals surface area contributed by atoms with Gasteiger partial charge >= 0.3 is 0 Å². The van der Waals surface area contributed by atoms with Gasteiger partial charge in [-0.1, -0.05) is 36.4 Å². The molecule has 0 unspecified atom stereocenters. The van der Waals surface area contributed by atoms with Crippen molar-refractivity contribution in [1.82, 2.24) is 9.97 Å². The van der Waals surface area contributed by atoms with Crippen LogP contribution in [0.5, 0.6) is 11.5 Å². The first kappa shape index (κ1) is 17.3. The van der Waals surface area contributed by atoms with Crippen molar-refractivity contribution in [3.8, 4) is 11.5 Å². The van der Waals surface area contributed by atoms with Crippen molar-refractivity contribution in [2.75, 3.05) is 14.2 Å². The second-order valence-electron chi connectivity index (χ2n) is 5.51. The number of hydrogen-bond donors (Lipinski definition) is 2. The van der Waals surface area contributed by atoms with Crippen molar-refractivity contribution in [2.24, 2.45) is 0 Å². The molecule has 26 heavy (non-hydrogen) atoms. The Kier molecular flexibility index (Phi) is 5.03. The van der Waals surface area contributed by atoms with Gasteiger partial charge < -0.3 is 19.4 Å². The molecule has 0 radical (unpaired) electrons. The highest BCUT2D eigenvalue weighted by atomic mass is 16.5. The molecule has 0 saturated carbocycles. The van der Waals surface area contributed by atoms with E-state index in [-0.39, 0.29) is 10.7 Å². The Labute approximate surface area is 149 Å². The average Bonchev–Trinajstić information content (AvgIpc) is 2.66. The lowest BCUT2D eigenvalue weighted by atomic mass is 10.2. The fourth-order valence-electron chi connectivity index (χ4n) is 2.58. The van der Waals surface area contributed by atoms with Gasteiger partial charge in [0.1, 0.15) is 22.2 Å². The van der Waals surface area contributed by atoms with E-state index in [1.54, 1.807) is 50.6 Å². The first-order chi connectivity index (χ1) is 12.6. The van der Waals surface area contributed by atoms with E-state index in [0.29, 0.717) is 22.6 Å². The van der Waals surface area contributed by atoms with E-state index >= 15 is 0 Å². The van der Waals surface area contributed by atoms with Crippen LogP contribution < -0.4 is 31.3 Å². The van der Waals surface area contributed by atoms with E-state index in [1.165, 1.54) is 0 Å². The minimum atomic E-state index is -0.406. The largest absolute Gasteiger partial charge is 0.496 e. The SMILES string of the molecule is COc1ccccc1C=c1[nH]c(=O)/c(=C/c2ccccc2OC)[nH]c1=O. The van der Waals surface area contributed by atoms with E-state index in [1.807, 2.05) is 24.3 Å². The quantitative estimate of drug-likeness (QED) is 0.727. The van der Waals surface area contributed by atoms with Gasteiger partial charge in [0.15, 0.2) is 0 Å². The fourth-order valence-corrected chi connectivity index (χ4v) is 2.58. The summed E-state index contributed by atoms with van der Waals surface area (Å²) in [6.45, 7) is 0. The first-order valence-electron chi connectivity index (χ1n) is 7.94. The summed E-state index contributed by atoms with van der Waals surface area (Å²) in [5, 5.41) is 0.299. The van der Waals surface area contributed by atoms with Gasteiger partial charge in [-0.15, -0.1) is 0 Å². The monoisotopic (exact) mass is 350 g/mol. The van der Waals surface area contributed by atoms with E-state index in [9.17, 15) is 9.59 Å². The predicted octanol–water partition coefficient (Wildman–Crippen LogP) is 0.738. The number of methoxy groups -OCH3 is 2. The number of para-hydroxylation sites is 2. The van der Waals surface area contributed by atoms with Gasteiger partial charge in [0.2, 0.25) is 0 Å². The lowest BCUT2D eigenvalue weighted by molar-refractivity contribution is 0.413. The zero-order chi connectivity index (χ0) is 18.5. The number of ether oxygens (including phenoxy) is 2. The van der Waals surface area contributed by atoms with Gasteiger partial charge in [-0.3, -0.25) is 9.59 Å². The summed E-state index contributed by atoms with van der Waals surface area (Å²) in [4.78, 5) is 30.0. The normalized spacial score (nSPS) is 12.2. The Hall–Kier alpha value is -3.54. The molecule has 0 spiro atoms. The third kappa shape index (κ3) is 3.59. The molecule has 0 aliphatic rings. The molecular formula is C20H18N2O4. The summed E-state index contributed by atoms with van der Waals surface area (Å²) in [7, 11) is 3.09. The number of rotatable bonds is 4. The van der Waals surface area contributed by atoms with Crippen LogP contribution in [0.1, 0.15) is 11.1 Å². The summed E-state index contributed by atoms with van der Waals surface area (Å²) in [5.74, 6) is 1.22. The maximum absolute atomic E-state index is 12.4. The molecule has 1 heterocycles. The number of nitrogens with one attached hydrogen (secondary N) is 2. The predicted molar refractivity (Wildman–Crippen MR) is 100 cm³/mol. The Morgan fingerprint density at radius 1 is 0.692 bits per heavy atom. The molecule has 0 fully saturated rings. The number of aromatic nitrogens is 2. The van der Waals surface area contributed by atoms with Crippen LogP contribution >= 0.6 is 0 Å². The maximum Gasteiger partial charge on any atom is 0.272 e. The van der Waals surface area contributed by atoms with Gasteiger partial charge in [-0.25, -0.2) is 0 Å². The molecule has 6 heteroatoms.